The van der Waals surface area contributed by atoms with E-state index < -0.39 is 5.97 Å². The summed E-state index contributed by atoms with van der Waals surface area (Å²) in [6.45, 7) is 2.12. The van der Waals surface area contributed by atoms with Gasteiger partial charge in [0, 0.05) is 23.5 Å². The Hall–Kier alpha value is -3.85. The number of carbonyl (C=O) groups is 1. The predicted molar refractivity (Wildman–Crippen MR) is 122 cm³/mol. The molecule has 1 aliphatic rings. The third-order valence-electron chi connectivity index (χ3n) is 4.94. The third kappa shape index (κ3) is 5.20. The standard InChI is InChI=1S/C25H25N3O3/c1-4-18-7-5-6-14-27-24(20(18)11-8-17-9-13-23(26)28-16-17)19-10-12-21(25(29)31-3)22(15-19)30-2/h6,9-10,12-16H,4-5,7H2,1-3H3,(H2,26,28). The smallest absolute Gasteiger partial charge is 0.341 e. The fourth-order valence-corrected chi connectivity index (χ4v) is 3.27. The topological polar surface area (TPSA) is 86.8 Å². The van der Waals surface area contributed by atoms with Crippen LogP contribution in [0.2, 0.25) is 0 Å². The predicted octanol–water partition coefficient (Wildman–Crippen LogP) is 4.31. The largest absolute Gasteiger partial charge is 0.496 e. The molecule has 31 heavy (non-hydrogen) atoms. The molecule has 0 spiro atoms. The van der Waals surface area contributed by atoms with E-state index in [4.69, 9.17) is 20.2 Å². The van der Waals surface area contributed by atoms with Gasteiger partial charge in [-0.25, -0.2) is 9.78 Å². The van der Waals surface area contributed by atoms with E-state index >= 15 is 0 Å². The Bertz CT molecular complexity index is 1120. The number of aromatic nitrogens is 1. The lowest BCUT2D eigenvalue weighted by molar-refractivity contribution is 0.0597. The van der Waals surface area contributed by atoms with Gasteiger partial charge in [-0.15, -0.1) is 0 Å². The van der Waals surface area contributed by atoms with Gasteiger partial charge >= 0.3 is 5.97 Å². The van der Waals surface area contributed by atoms with Crippen molar-refractivity contribution in [3.05, 3.63) is 76.6 Å². The Kier molecular flexibility index (Phi) is 7.23. The van der Waals surface area contributed by atoms with Crippen LogP contribution < -0.4 is 10.5 Å². The van der Waals surface area contributed by atoms with Crippen molar-refractivity contribution in [2.45, 2.75) is 26.2 Å². The van der Waals surface area contributed by atoms with E-state index in [1.807, 2.05) is 18.2 Å². The van der Waals surface area contributed by atoms with E-state index in [-0.39, 0.29) is 0 Å². The molecule has 0 aliphatic carbocycles. The number of hydrogen-bond donors (Lipinski definition) is 1. The molecule has 0 unspecified atom stereocenters. The van der Waals surface area contributed by atoms with Crippen molar-refractivity contribution < 1.29 is 14.3 Å². The van der Waals surface area contributed by atoms with Crippen molar-refractivity contribution in [3.63, 3.8) is 0 Å². The summed E-state index contributed by atoms with van der Waals surface area (Å²) in [6.07, 6.45) is 8.15. The molecular weight excluding hydrogens is 390 g/mol. The molecule has 0 saturated carbocycles. The van der Waals surface area contributed by atoms with Crippen LogP contribution in [0.4, 0.5) is 5.82 Å². The molecule has 6 nitrogen and oxygen atoms in total. The summed E-state index contributed by atoms with van der Waals surface area (Å²) in [6, 6.07) is 8.88. The molecule has 0 atom stereocenters. The molecule has 0 bridgehead atoms. The van der Waals surface area contributed by atoms with Crippen molar-refractivity contribution in [1.82, 2.24) is 4.98 Å². The Morgan fingerprint density at radius 2 is 2.03 bits per heavy atom. The van der Waals surface area contributed by atoms with Crippen molar-refractivity contribution in [2.75, 3.05) is 20.0 Å². The molecule has 6 heteroatoms. The first-order valence-electron chi connectivity index (χ1n) is 10.0. The molecule has 1 aliphatic heterocycles. The van der Waals surface area contributed by atoms with Gasteiger partial charge in [0.25, 0.3) is 0 Å². The maximum atomic E-state index is 12.0. The molecule has 3 rings (SSSR count). The zero-order valence-corrected chi connectivity index (χ0v) is 17.9. The lowest BCUT2D eigenvalue weighted by atomic mass is 9.92. The van der Waals surface area contributed by atoms with Crippen LogP contribution in [0, 0.1) is 11.8 Å². The number of nitrogens with zero attached hydrogens (tertiary/aromatic N) is 2. The number of methoxy groups -OCH3 is 2. The highest BCUT2D eigenvalue weighted by Gasteiger charge is 2.18. The molecule has 0 fully saturated rings. The highest BCUT2D eigenvalue weighted by Crippen LogP contribution is 2.27. The molecule has 1 aromatic heterocycles. The van der Waals surface area contributed by atoms with Crippen LogP contribution in [0.3, 0.4) is 0 Å². The maximum Gasteiger partial charge on any atom is 0.341 e. The number of benzene rings is 1. The van der Waals surface area contributed by atoms with E-state index in [1.165, 1.54) is 19.8 Å². The summed E-state index contributed by atoms with van der Waals surface area (Å²) in [5.74, 6) is 6.92. The Morgan fingerprint density at radius 3 is 2.71 bits per heavy atom. The molecule has 2 aromatic rings. The summed E-state index contributed by atoms with van der Waals surface area (Å²) in [5, 5.41) is 0. The SMILES string of the molecule is CCC1=C(C#Cc2ccc(N)nc2)C(c2ccc(C(=O)OC)c(OC)c2)=NC=CCC1. The van der Waals surface area contributed by atoms with Gasteiger partial charge in [-0.1, -0.05) is 36.5 Å². The minimum absolute atomic E-state index is 0.357. The van der Waals surface area contributed by atoms with E-state index in [2.05, 4.69) is 23.7 Å². The summed E-state index contributed by atoms with van der Waals surface area (Å²) in [4.78, 5) is 20.8. The molecule has 2 heterocycles. The average molecular weight is 415 g/mol. The second-order valence-electron chi connectivity index (χ2n) is 6.86. The molecule has 0 amide bonds. The summed E-state index contributed by atoms with van der Waals surface area (Å²) >= 11 is 0. The van der Waals surface area contributed by atoms with Gasteiger partial charge in [0.15, 0.2) is 0 Å². The minimum Gasteiger partial charge on any atom is -0.496 e. The lowest BCUT2D eigenvalue weighted by Crippen LogP contribution is -2.10. The number of carbonyl (C=O) groups excluding carboxylic acids is 1. The summed E-state index contributed by atoms with van der Waals surface area (Å²) < 4.78 is 10.3. The van der Waals surface area contributed by atoms with Gasteiger partial charge < -0.3 is 15.2 Å². The van der Waals surface area contributed by atoms with Crippen molar-refractivity contribution in [1.29, 1.82) is 0 Å². The maximum absolute atomic E-state index is 12.0. The van der Waals surface area contributed by atoms with Gasteiger partial charge in [0.2, 0.25) is 0 Å². The molecule has 1 aromatic carbocycles. The number of esters is 1. The van der Waals surface area contributed by atoms with E-state index in [0.29, 0.717) is 17.1 Å². The number of nitrogen functional groups attached to an aromatic ring is 1. The van der Waals surface area contributed by atoms with Crippen LogP contribution in [0.25, 0.3) is 0 Å². The first-order chi connectivity index (χ1) is 15.1. The quantitative estimate of drug-likeness (QED) is 0.594. The lowest BCUT2D eigenvalue weighted by Gasteiger charge is -2.15. The number of hydrogen-bond acceptors (Lipinski definition) is 6. The molecule has 158 valence electrons. The molecular formula is C25H25N3O3. The van der Waals surface area contributed by atoms with Gasteiger partial charge in [0.05, 0.1) is 25.5 Å². The van der Waals surface area contributed by atoms with Crippen molar-refractivity contribution >= 4 is 17.5 Å². The highest BCUT2D eigenvalue weighted by molar-refractivity contribution is 6.16. The number of allylic oxidation sites excluding steroid dienone is 3. The molecule has 2 N–H and O–H groups in total. The Morgan fingerprint density at radius 1 is 1.19 bits per heavy atom. The summed E-state index contributed by atoms with van der Waals surface area (Å²) in [5.41, 5.74) is 10.4. The van der Waals surface area contributed by atoms with Gasteiger partial charge in [-0.05, 0) is 43.5 Å². The number of aliphatic imine (C=N–C) groups is 1. The average Bonchev–Trinajstić information content (AvgIpc) is 2.79. The van der Waals surface area contributed by atoms with Crippen LogP contribution in [0.1, 0.15) is 47.7 Å². The van der Waals surface area contributed by atoms with Crippen LogP contribution >= 0.6 is 0 Å². The minimum atomic E-state index is -0.455. The van der Waals surface area contributed by atoms with Crippen LogP contribution in [-0.4, -0.2) is 30.9 Å². The van der Waals surface area contributed by atoms with Gasteiger partial charge in [-0.3, -0.25) is 4.99 Å². The van der Waals surface area contributed by atoms with Gasteiger partial charge in [0.1, 0.15) is 17.1 Å². The zero-order chi connectivity index (χ0) is 22.2. The fourth-order valence-electron chi connectivity index (χ4n) is 3.27. The Labute approximate surface area is 182 Å². The third-order valence-corrected chi connectivity index (χ3v) is 4.94. The number of anilines is 1. The number of rotatable bonds is 4. The first kappa shape index (κ1) is 21.8. The molecule has 0 radical (unpaired) electrons. The fraction of sp³-hybridized carbons (Fsp3) is 0.240. The second kappa shape index (κ2) is 10.3. The van der Waals surface area contributed by atoms with Crippen molar-refractivity contribution in [3.8, 4) is 17.6 Å². The van der Waals surface area contributed by atoms with E-state index in [0.717, 1.165) is 41.7 Å². The molecule has 0 saturated heterocycles. The second-order valence-corrected chi connectivity index (χ2v) is 6.86. The van der Waals surface area contributed by atoms with Crippen LogP contribution in [0.5, 0.6) is 5.75 Å². The Balaban J connectivity index is 2.13. The summed E-state index contributed by atoms with van der Waals surface area (Å²) in [7, 11) is 2.86. The van der Waals surface area contributed by atoms with Gasteiger partial charge in [-0.2, -0.15) is 0 Å². The number of ether oxygens (including phenoxy) is 2. The van der Waals surface area contributed by atoms with E-state index in [9.17, 15) is 4.79 Å². The normalized spacial score (nSPS) is 13.5. The van der Waals surface area contributed by atoms with Crippen molar-refractivity contribution in [2.24, 2.45) is 4.99 Å². The number of pyridine rings is 1. The number of nitrogens with two attached hydrogens (primary N) is 1. The van der Waals surface area contributed by atoms with E-state index in [1.54, 1.807) is 30.6 Å². The highest BCUT2D eigenvalue weighted by atomic mass is 16.5. The van der Waals surface area contributed by atoms with Crippen LogP contribution in [0.15, 0.2) is 64.9 Å². The first-order valence-corrected chi connectivity index (χ1v) is 10.0. The van der Waals surface area contributed by atoms with Crippen LogP contribution in [-0.2, 0) is 4.74 Å². The zero-order valence-electron chi connectivity index (χ0n) is 17.9. The monoisotopic (exact) mass is 415 g/mol.